The van der Waals surface area contributed by atoms with E-state index in [2.05, 4.69) is 11.8 Å². The maximum Gasteiger partial charge on any atom is 0.0252 e. The Hall–Kier alpha value is -0.0800. The topological polar surface area (TPSA) is 29.3 Å². The second-order valence-electron chi connectivity index (χ2n) is 7.69. The Morgan fingerprint density at radius 2 is 1.75 bits per heavy atom. The monoisotopic (exact) mass is 278 g/mol. The highest BCUT2D eigenvalue weighted by molar-refractivity contribution is 4.96. The Morgan fingerprint density at radius 3 is 2.50 bits per heavy atom. The Labute approximate surface area is 125 Å². The van der Waals surface area contributed by atoms with Crippen LogP contribution in [0.5, 0.6) is 0 Å². The normalized spacial score (nSPS) is 40.5. The molecular weight excluding hydrogens is 244 g/mol. The molecular formula is C18H34N2. The molecule has 3 aliphatic rings. The molecule has 1 aliphatic heterocycles. The van der Waals surface area contributed by atoms with Crippen molar-refractivity contribution in [1.29, 1.82) is 0 Å². The quantitative estimate of drug-likeness (QED) is 0.844. The van der Waals surface area contributed by atoms with Crippen molar-refractivity contribution in [3.63, 3.8) is 0 Å². The van der Waals surface area contributed by atoms with Crippen molar-refractivity contribution in [1.82, 2.24) is 4.90 Å². The minimum absolute atomic E-state index is 0.449. The van der Waals surface area contributed by atoms with E-state index in [0.29, 0.717) is 12.1 Å². The van der Waals surface area contributed by atoms with Gasteiger partial charge in [-0.15, -0.1) is 0 Å². The fraction of sp³-hybridized carbons (Fsp3) is 1.00. The SMILES string of the molecule is CCCC1CCC(N)C(N2CCCC2C2CCCC2)C1. The molecule has 2 nitrogen and oxygen atoms in total. The van der Waals surface area contributed by atoms with Gasteiger partial charge in [0.05, 0.1) is 0 Å². The molecule has 0 amide bonds. The predicted octanol–water partition coefficient (Wildman–Crippen LogP) is 3.94. The van der Waals surface area contributed by atoms with Crippen molar-refractivity contribution in [2.24, 2.45) is 17.6 Å². The van der Waals surface area contributed by atoms with Crippen molar-refractivity contribution in [2.75, 3.05) is 6.54 Å². The third-order valence-electron chi connectivity index (χ3n) is 6.39. The van der Waals surface area contributed by atoms with Gasteiger partial charge < -0.3 is 5.73 Å². The lowest BCUT2D eigenvalue weighted by molar-refractivity contribution is 0.0737. The Kier molecular flexibility index (Phi) is 5.04. The van der Waals surface area contributed by atoms with E-state index in [1.54, 1.807) is 0 Å². The highest BCUT2D eigenvalue weighted by Gasteiger charge is 2.40. The van der Waals surface area contributed by atoms with E-state index in [0.717, 1.165) is 17.9 Å². The number of nitrogens with two attached hydrogens (primary N) is 1. The number of rotatable bonds is 4. The lowest BCUT2D eigenvalue weighted by atomic mass is 9.79. The Bertz CT molecular complexity index is 298. The minimum Gasteiger partial charge on any atom is -0.326 e. The molecule has 3 fully saturated rings. The van der Waals surface area contributed by atoms with Gasteiger partial charge in [0, 0.05) is 18.1 Å². The lowest BCUT2D eigenvalue weighted by Crippen LogP contribution is -2.54. The van der Waals surface area contributed by atoms with Crippen molar-refractivity contribution < 1.29 is 0 Å². The summed E-state index contributed by atoms with van der Waals surface area (Å²) in [6.07, 6.45) is 15.6. The third kappa shape index (κ3) is 3.06. The summed E-state index contributed by atoms with van der Waals surface area (Å²) in [5.41, 5.74) is 6.54. The number of hydrogen-bond donors (Lipinski definition) is 1. The van der Waals surface area contributed by atoms with Gasteiger partial charge in [-0.05, 0) is 63.3 Å². The summed E-state index contributed by atoms with van der Waals surface area (Å²) in [6.45, 7) is 3.67. The van der Waals surface area contributed by atoms with Crippen LogP contribution < -0.4 is 5.73 Å². The van der Waals surface area contributed by atoms with E-state index in [9.17, 15) is 0 Å². The van der Waals surface area contributed by atoms with Crippen LogP contribution in [0.1, 0.15) is 77.6 Å². The molecule has 0 spiro atoms. The Morgan fingerprint density at radius 1 is 0.950 bits per heavy atom. The Balaban J connectivity index is 1.65. The molecule has 2 N–H and O–H groups in total. The first-order valence-electron chi connectivity index (χ1n) is 9.31. The van der Waals surface area contributed by atoms with Crippen LogP contribution in [0.3, 0.4) is 0 Å². The largest absolute Gasteiger partial charge is 0.326 e. The van der Waals surface area contributed by atoms with E-state index >= 15 is 0 Å². The summed E-state index contributed by atoms with van der Waals surface area (Å²) in [5.74, 6) is 1.95. The van der Waals surface area contributed by atoms with Gasteiger partial charge in [0.1, 0.15) is 0 Å². The molecule has 1 saturated heterocycles. The van der Waals surface area contributed by atoms with E-state index in [-0.39, 0.29) is 0 Å². The van der Waals surface area contributed by atoms with Gasteiger partial charge in [-0.1, -0.05) is 32.6 Å². The van der Waals surface area contributed by atoms with Crippen LogP contribution in [-0.2, 0) is 0 Å². The van der Waals surface area contributed by atoms with Crippen LogP contribution in [0.4, 0.5) is 0 Å². The maximum atomic E-state index is 6.54. The first-order valence-corrected chi connectivity index (χ1v) is 9.31. The zero-order valence-electron chi connectivity index (χ0n) is 13.4. The highest BCUT2D eigenvalue weighted by Crippen LogP contribution is 2.39. The standard InChI is InChI=1S/C18H34N2/c1-2-6-14-10-11-16(19)18(13-14)20-12-5-9-17(20)15-7-3-4-8-15/h14-18H,2-13,19H2,1H3. The first-order chi connectivity index (χ1) is 9.79. The molecule has 3 rings (SSSR count). The van der Waals surface area contributed by atoms with Gasteiger partial charge in [0.25, 0.3) is 0 Å². The van der Waals surface area contributed by atoms with E-state index in [4.69, 9.17) is 5.73 Å². The van der Waals surface area contributed by atoms with Gasteiger partial charge in [-0.2, -0.15) is 0 Å². The van der Waals surface area contributed by atoms with Crippen LogP contribution in [0, 0.1) is 11.8 Å². The van der Waals surface area contributed by atoms with Crippen LogP contribution in [0.2, 0.25) is 0 Å². The van der Waals surface area contributed by atoms with E-state index in [1.165, 1.54) is 77.2 Å². The molecule has 4 atom stereocenters. The lowest BCUT2D eigenvalue weighted by Gasteiger charge is -2.43. The molecule has 0 bridgehead atoms. The maximum absolute atomic E-state index is 6.54. The van der Waals surface area contributed by atoms with Gasteiger partial charge in [0.2, 0.25) is 0 Å². The summed E-state index contributed by atoms with van der Waals surface area (Å²) in [5, 5.41) is 0. The number of hydrogen-bond acceptors (Lipinski definition) is 2. The fourth-order valence-electron chi connectivity index (χ4n) is 5.38. The summed E-state index contributed by atoms with van der Waals surface area (Å²) < 4.78 is 0. The molecule has 2 heteroatoms. The average molecular weight is 278 g/mol. The zero-order chi connectivity index (χ0) is 13.9. The second kappa shape index (κ2) is 6.79. The summed E-state index contributed by atoms with van der Waals surface area (Å²) in [4.78, 5) is 2.88. The van der Waals surface area contributed by atoms with E-state index in [1.807, 2.05) is 0 Å². The highest BCUT2D eigenvalue weighted by atomic mass is 15.2. The van der Waals surface area contributed by atoms with E-state index < -0.39 is 0 Å². The van der Waals surface area contributed by atoms with Crippen molar-refractivity contribution >= 4 is 0 Å². The van der Waals surface area contributed by atoms with Crippen molar-refractivity contribution in [2.45, 2.75) is 95.7 Å². The predicted molar refractivity (Wildman–Crippen MR) is 85.7 cm³/mol. The molecule has 20 heavy (non-hydrogen) atoms. The molecule has 116 valence electrons. The zero-order valence-corrected chi connectivity index (χ0v) is 13.4. The summed E-state index contributed by atoms with van der Waals surface area (Å²) >= 11 is 0. The molecule has 1 heterocycles. The van der Waals surface area contributed by atoms with Crippen LogP contribution in [0.15, 0.2) is 0 Å². The average Bonchev–Trinajstić information content (AvgIpc) is 3.10. The molecule has 2 saturated carbocycles. The summed E-state index contributed by atoms with van der Waals surface area (Å²) in [6, 6.07) is 2.03. The number of likely N-dealkylation sites (tertiary alicyclic amines) is 1. The summed E-state index contributed by atoms with van der Waals surface area (Å²) in [7, 11) is 0. The fourth-order valence-corrected chi connectivity index (χ4v) is 5.38. The smallest absolute Gasteiger partial charge is 0.0252 e. The van der Waals surface area contributed by atoms with Gasteiger partial charge in [-0.25, -0.2) is 0 Å². The molecule has 0 radical (unpaired) electrons. The van der Waals surface area contributed by atoms with Gasteiger partial charge >= 0.3 is 0 Å². The minimum atomic E-state index is 0.449. The van der Waals surface area contributed by atoms with Gasteiger partial charge in [-0.3, -0.25) is 4.90 Å². The van der Waals surface area contributed by atoms with Crippen LogP contribution in [-0.4, -0.2) is 29.6 Å². The molecule has 2 aliphatic carbocycles. The van der Waals surface area contributed by atoms with Crippen molar-refractivity contribution in [3.8, 4) is 0 Å². The molecule has 0 aromatic rings. The molecule has 0 aromatic carbocycles. The second-order valence-corrected chi connectivity index (χ2v) is 7.69. The third-order valence-corrected chi connectivity index (χ3v) is 6.39. The van der Waals surface area contributed by atoms with Gasteiger partial charge in [0.15, 0.2) is 0 Å². The number of nitrogens with zero attached hydrogens (tertiary/aromatic N) is 1. The van der Waals surface area contributed by atoms with Crippen molar-refractivity contribution in [3.05, 3.63) is 0 Å². The molecule has 4 unspecified atom stereocenters. The first kappa shape index (κ1) is 14.8. The van der Waals surface area contributed by atoms with Crippen LogP contribution in [0.25, 0.3) is 0 Å². The molecule has 0 aromatic heterocycles. The van der Waals surface area contributed by atoms with Crippen LogP contribution >= 0.6 is 0 Å².